The van der Waals surface area contributed by atoms with Crippen LogP contribution < -0.4 is 30.2 Å². The van der Waals surface area contributed by atoms with Gasteiger partial charge in [-0.05, 0) is 36.9 Å². The minimum atomic E-state index is -4.78. The van der Waals surface area contributed by atoms with Crippen molar-refractivity contribution in [3.63, 3.8) is 0 Å². The number of benzene rings is 2. The summed E-state index contributed by atoms with van der Waals surface area (Å²) in [6.45, 7) is 0. The van der Waals surface area contributed by atoms with Gasteiger partial charge in [-0.15, -0.1) is 0 Å². The van der Waals surface area contributed by atoms with Crippen molar-refractivity contribution >= 4 is 25.8 Å². The smallest absolute Gasteiger partial charge is 0.807 e. The molecule has 2 aromatic rings. The molecule has 0 spiro atoms. The maximum absolute atomic E-state index is 10.8. The van der Waals surface area contributed by atoms with E-state index in [1.54, 1.807) is 0 Å². The van der Waals surface area contributed by atoms with Crippen LogP contribution in [0.2, 0.25) is 0 Å². The molecule has 0 unspecified atom stereocenters. The molecule has 2 aromatic carbocycles. The van der Waals surface area contributed by atoms with Crippen LogP contribution in [0.15, 0.2) is 48.5 Å². The van der Waals surface area contributed by atoms with Crippen molar-refractivity contribution in [1.82, 2.24) is 0 Å². The first kappa shape index (κ1) is 18.7. The topological polar surface area (TPSA) is 126 Å². The molecule has 0 saturated heterocycles. The maximum Gasteiger partial charge on any atom is 4.00 e. The zero-order chi connectivity index (χ0) is 15.0. The summed E-state index contributed by atoms with van der Waals surface area (Å²) in [7, 11) is -9.56. The van der Waals surface area contributed by atoms with E-state index in [4.69, 9.17) is 0 Å². The molecule has 2 rings (SSSR count). The van der Waals surface area contributed by atoms with Crippen molar-refractivity contribution in [2.45, 2.75) is 0 Å². The molecule has 0 aliphatic rings. The number of rotatable bonds is 3. The van der Waals surface area contributed by atoms with E-state index < -0.39 is 15.2 Å². The van der Waals surface area contributed by atoms with Crippen LogP contribution in [0.5, 0.6) is 0 Å². The predicted molar refractivity (Wildman–Crippen MR) is 66.4 cm³/mol. The fraction of sp³-hybridized carbons (Fsp3) is 0. The third kappa shape index (κ3) is 4.80. The third-order valence-corrected chi connectivity index (χ3v) is 4.56. The van der Waals surface area contributed by atoms with E-state index in [-0.39, 0.29) is 36.8 Å². The molecule has 0 N–H and O–H groups in total. The van der Waals surface area contributed by atoms with E-state index in [0.717, 1.165) is 0 Å². The van der Waals surface area contributed by atoms with E-state index in [0.29, 0.717) is 11.1 Å². The fourth-order valence-electron chi connectivity index (χ4n) is 1.67. The van der Waals surface area contributed by atoms with E-state index >= 15 is 0 Å². The van der Waals surface area contributed by atoms with Gasteiger partial charge in [0.15, 0.2) is 0 Å². The van der Waals surface area contributed by atoms with Crippen molar-refractivity contribution < 1.29 is 54.9 Å². The minimum absolute atomic E-state index is 0. The third-order valence-electron chi connectivity index (χ3n) is 2.70. The summed E-state index contributed by atoms with van der Waals surface area (Å²) in [5.41, 5.74) is 1.20. The van der Waals surface area contributed by atoms with Crippen LogP contribution in [0, 0.1) is 0 Å². The van der Waals surface area contributed by atoms with Gasteiger partial charge in [-0.1, -0.05) is 48.5 Å². The normalized spacial score (nSPS) is 11.8. The largest absolute Gasteiger partial charge is 4.00 e. The standard InChI is InChI=1S/C12H12O6P2.Zr/c13-19(14,15)11-5-1-9(2-6-11)10-3-7-12(8-4-10)20(16,17)18;/h1-8H,(H2,13,14,15)(H2,16,17,18);/q;+4/p-4. The van der Waals surface area contributed by atoms with Crippen LogP contribution in [0.3, 0.4) is 0 Å². The molecule has 21 heavy (non-hydrogen) atoms. The zero-order valence-corrected chi connectivity index (χ0v) is 14.7. The van der Waals surface area contributed by atoms with E-state index in [9.17, 15) is 28.7 Å². The second-order valence-corrected chi connectivity index (χ2v) is 7.11. The Morgan fingerprint density at radius 2 is 0.810 bits per heavy atom. The van der Waals surface area contributed by atoms with Gasteiger partial charge in [-0.2, -0.15) is 0 Å². The van der Waals surface area contributed by atoms with Crippen LogP contribution in [0.1, 0.15) is 0 Å². The molecule has 6 nitrogen and oxygen atoms in total. The molecule has 0 amide bonds. The molecule has 0 fully saturated rings. The van der Waals surface area contributed by atoms with Gasteiger partial charge in [-0.3, -0.25) is 0 Å². The Morgan fingerprint density at radius 3 is 1.00 bits per heavy atom. The van der Waals surface area contributed by atoms with Gasteiger partial charge in [-0.25, -0.2) is 0 Å². The molecule has 0 atom stereocenters. The molecule has 0 heterocycles. The monoisotopic (exact) mass is 400 g/mol. The van der Waals surface area contributed by atoms with Crippen LogP contribution in [0.4, 0.5) is 0 Å². The molecule has 0 bridgehead atoms. The Bertz CT molecular complexity index is 638. The summed E-state index contributed by atoms with van der Waals surface area (Å²) >= 11 is 0. The van der Waals surface area contributed by atoms with Crippen molar-refractivity contribution in [1.29, 1.82) is 0 Å². The van der Waals surface area contributed by atoms with Gasteiger partial charge in [0.2, 0.25) is 0 Å². The van der Waals surface area contributed by atoms with Crippen molar-refractivity contribution in [2.75, 3.05) is 0 Å². The molecular weight excluding hydrogens is 393 g/mol. The van der Waals surface area contributed by atoms with E-state index in [2.05, 4.69) is 0 Å². The number of hydrogen-bond acceptors (Lipinski definition) is 6. The maximum atomic E-state index is 10.8. The van der Waals surface area contributed by atoms with Gasteiger partial charge in [0.05, 0.1) is 0 Å². The van der Waals surface area contributed by atoms with E-state index in [1.807, 2.05) is 0 Å². The van der Waals surface area contributed by atoms with Gasteiger partial charge < -0.3 is 28.7 Å². The summed E-state index contributed by atoms with van der Waals surface area (Å²) in [6, 6.07) is 10.4. The Labute approximate surface area is 140 Å². The second kappa shape index (κ2) is 6.81. The minimum Gasteiger partial charge on any atom is -0.807 e. The summed E-state index contributed by atoms with van der Waals surface area (Å²) in [5, 5.41) is -0.636. The molecule has 0 aliphatic carbocycles. The fourth-order valence-corrected chi connectivity index (χ4v) is 2.70. The average Bonchev–Trinajstić information content (AvgIpc) is 2.37. The van der Waals surface area contributed by atoms with Crippen molar-refractivity contribution in [3.8, 4) is 11.1 Å². The zero-order valence-electron chi connectivity index (χ0n) is 10.5. The summed E-state index contributed by atoms with van der Waals surface area (Å²) < 4.78 is 21.6. The Hall–Kier alpha value is -0.377. The first-order chi connectivity index (χ1) is 9.18. The van der Waals surface area contributed by atoms with Gasteiger partial charge in [0.25, 0.3) is 0 Å². The first-order valence-corrected chi connectivity index (χ1v) is 8.52. The van der Waals surface area contributed by atoms with Crippen LogP contribution in [-0.4, -0.2) is 0 Å². The van der Waals surface area contributed by atoms with Crippen LogP contribution in [0.25, 0.3) is 11.1 Å². The molecule has 0 aliphatic heterocycles. The molecule has 0 radical (unpaired) electrons. The van der Waals surface area contributed by atoms with Gasteiger partial charge >= 0.3 is 26.2 Å². The Kier molecular flexibility index (Phi) is 6.05. The Balaban J connectivity index is 0.00000220. The predicted octanol–water partition coefficient (Wildman–Crippen LogP) is -1.57. The molecule has 0 aromatic heterocycles. The van der Waals surface area contributed by atoms with E-state index in [1.165, 1.54) is 48.5 Å². The SMILES string of the molecule is O=P([O-])([O-])c1ccc(-c2ccc(P(=O)([O-])[O-])cc2)cc1.[Zr+4]. The Morgan fingerprint density at radius 1 is 0.571 bits per heavy atom. The quantitative estimate of drug-likeness (QED) is 0.572. The summed E-state index contributed by atoms with van der Waals surface area (Å²) in [6.07, 6.45) is 0. The van der Waals surface area contributed by atoms with Gasteiger partial charge in [0, 0.05) is 0 Å². The molecular formula is C12H8O6P2Zr. The van der Waals surface area contributed by atoms with Crippen molar-refractivity contribution in [3.05, 3.63) is 48.5 Å². The average molecular weight is 401 g/mol. The van der Waals surface area contributed by atoms with Crippen molar-refractivity contribution in [2.24, 2.45) is 0 Å². The first-order valence-electron chi connectivity index (χ1n) is 5.44. The summed E-state index contributed by atoms with van der Waals surface area (Å²) in [4.78, 5) is 43.2. The molecule has 106 valence electrons. The summed E-state index contributed by atoms with van der Waals surface area (Å²) in [5.74, 6) is 0. The van der Waals surface area contributed by atoms with Gasteiger partial charge in [0.1, 0.15) is 0 Å². The molecule has 0 saturated carbocycles. The van der Waals surface area contributed by atoms with Crippen LogP contribution >= 0.6 is 15.2 Å². The molecule has 9 heteroatoms. The second-order valence-electron chi connectivity index (χ2n) is 4.09. The van der Waals surface area contributed by atoms with Crippen LogP contribution in [-0.2, 0) is 35.3 Å². The number of hydrogen-bond donors (Lipinski definition) is 0.